The van der Waals surface area contributed by atoms with E-state index in [0.29, 0.717) is 76.6 Å². The van der Waals surface area contributed by atoms with Crippen LogP contribution in [-0.4, -0.2) is 298 Å². The van der Waals surface area contributed by atoms with Gasteiger partial charge in [0.1, 0.15) is 11.8 Å². The Morgan fingerprint density at radius 3 is 1.39 bits per heavy atom. The summed E-state index contributed by atoms with van der Waals surface area (Å²) in [7, 11) is -2.60. The van der Waals surface area contributed by atoms with Gasteiger partial charge in [0.15, 0.2) is 6.10 Å². The minimum atomic E-state index is -2.60. The van der Waals surface area contributed by atoms with E-state index in [2.05, 4.69) is 232 Å². The molecule has 6 rings (SSSR count). The first kappa shape index (κ1) is 135. The van der Waals surface area contributed by atoms with E-state index in [0.717, 1.165) is 109 Å². The molecule has 9 unspecified atom stereocenters. The molecule has 0 aromatic heterocycles. The van der Waals surface area contributed by atoms with Crippen molar-refractivity contribution in [2.75, 3.05) is 131 Å². The van der Waals surface area contributed by atoms with Gasteiger partial charge in [-0.2, -0.15) is 0 Å². The molecule has 28 heteroatoms. The minimum Gasteiger partial charge on any atom is -0.508 e. The number of fused-ring (bicyclic) bond motifs is 2. The molecule has 138 heavy (non-hydrogen) atoms. The number of unbranched alkanes of at least 4 members (excludes halogenated alkanes) is 1. The largest absolute Gasteiger partial charge is 0.508 e. The summed E-state index contributed by atoms with van der Waals surface area (Å²) in [5, 5.41) is 89.4. The lowest BCUT2D eigenvalue weighted by Gasteiger charge is -2.54. The van der Waals surface area contributed by atoms with E-state index < -0.39 is 25.6 Å². The molecule has 0 radical (unpaired) electrons. The van der Waals surface area contributed by atoms with Gasteiger partial charge in [-0.25, -0.2) is 0 Å². The summed E-state index contributed by atoms with van der Waals surface area (Å²) in [6.45, 7) is 95.4. The number of nitrogens with zero attached hydrogens (tertiary/aromatic N) is 2. The number of hydrogen-bond acceptors (Lipinski definition) is 24. The summed E-state index contributed by atoms with van der Waals surface area (Å²) in [6.07, 6.45) is 17.0. The van der Waals surface area contributed by atoms with Crippen LogP contribution in [0.5, 0.6) is 5.75 Å². The quantitative estimate of drug-likeness (QED) is 0.0164. The summed E-state index contributed by atoms with van der Waals surface area (Å²) < 4.78 is 52.5. The van der Waals surface area contributed by atoms with Crippen LogP contribution in [0.25, 0.3) is 0 Å². The summed E-state index contributed by atoms with van der Waals surface area (Å²) >= 11 is 0. The number of carbonyl (C=O) groups excluding carboxylic acids is 3. The number of phenolic OH excluding ortho intramolecular Hbond substituents is 1. The molecule has 0 bridgehead atoms. The normalized spacial score (nSPS) is 22.6. The molecule has 2 saturated heterocycles. The highest BCUT2D eigenvalue weighted by atomic mass is 31.2. The SMILES string of the molecule is CC(C)(C)CCCNC(=O)C(O)COC(C)(C)C.CC(C)(C)NC1CC(COC(C)(C)C)CC1O.CC(C)(C)N[C@@H](Cc1ccc(O)cc1)C(=O)NCCOC(C)(C)C.CC(C)(C)OCCC12CCC1(CO)CN(C(C)(C)C)C2.CC(C)CCCCP(=O)(CCNC(C)(C)C)OCCO.CC(C)OCC12CC=CCC1(CO)CN(C(C)(C)C)C2.C[C@@H](O)[C@H](NC(C)(C)C)C(=O)NCCOC(C)(C)C. The molecule has 27 nitrogen and oxygen atoms in total. The van der Waals surface area contributed by atoms with Crippen LogP contribution >= 0.6 is 7.37 Å². The molecule has 816 valence electrons. The van der Waals surface area contributed by atoms with Crippen LogP contribution in [0.1, 0.15) is 366 Å². The van der Waals surface area contributed by atoms with Crippen molar-refractivity contribution in [1.29, 1.82) is 0 Å². The number of aromatic hydroxyl groups is 1. The zero-order valence-corrected chi connectivity index (χ0v) is 96.9. The number of likely N-dealkylation sites (tertiary alicyclic amines) is 2. The van der Waals surface area contributed by atoms with E-state index in [9.17, 15) is 49.6 Å². The Kier molecular flexibility index (Phi) is 57.6. The van der Waals surface area contributed by atoms with E-state index >= 15 is 0 Å². The monoisotopic (exact) mass is 1980 g/mol. The Morgan fingerprint density at radius 2 is 0.964 bits per heavy atom. The number of phenols is 1. The minimum absolute atomic E-state index is 0.0272. The summed E-state index contributed by atoms with van der Waals surface area (Å²) in [5.74, 6) is 0.786. The van der Waals surface area contributed by atoms with Crippen molar-refractivity contribution in [3.63, 3.8) is 0 Å². The zero-order chi connectivity index (χ0) is 107. The standard InChI is InChI=1S/C19H32N2O3.C17H33NO2.C17H31NO2.C15H34NO3P.C14H30N2O3.C14H29NO3.C14H29NO2/c1-18(2,3)21-16(13-14-7-9-15(22)10-8-14)17(23)20-11-12-24-19(4,5)6;1-14(2,3)18-11-16(9-10-20-15(4,5)6)7-8-17(16,12-18)13-19;1-14(2)20-13-17-9-7-6-8-16(17,12-19)10-18(11-17)15(3,4)5;1-14(2)8-6-7-12-20(18,19-11-10-17)13-9-16-15(3,4)5;1-10(17)11(16-13(2,3)4)12(18)15-8-9-19-14(5,6)7;1-13(2,3)8-7-9-15-12(17)11(16)10-18-14(4,5)6;1-13(2,3)15-11-7-10(8-12(11)16)9-17-14(4,5)6/h7-10,16,21-22H,11-13H2,1-6H3,(H,20,23);19H,7-13H2,1-6H3;6-7,14,19H,8-13H2,1-5H3;14,16-17H,6-13H2,1-5H3;10-11,16-17H,8-9H2,1-7H3,(H,15,18);11,16H,7-10H2,1-6H3,(H,15,17);10-12,15-16H,7-9H2,1-6H3/t16-;;;;10-,11+;;/m0...1../s1. The smallest absolute Gasteiger partial charge is 0.251 e. The van der Waals surface area contributed by atoms with Gasteiger partial charge in [0, 0.05) is 127 Å². The van der Waals surface area contributed by atoms with Crippen LogP contribution in [0.2, 0.25) is 0 Å². The number of rotatable bonds is 41. The van der Waals surface area contributed by atoms with Crippen LogP contribution in [-0.2, 0) is 58.3 Å². The lowest BCUT2D eigenvalue weighted by molar-refractivity contribution is -0.135. The van der Waals surface area contributed by atoms with Crippen molar-refractivity contribution in [3.05, 3.63) is 42.0 Å². The van der Waals surface area contributed by atoms with Crippen LogP contribution in [0.4, 0.5) is 0 Å². The van der Waals surface area contributed by atoms with Crippen molar-refractivity contribution < 1.29 is 87.6 Å². The van der Waals surface area contributed by atoms with Gasteiger partial charge in [0.25, 0.3) is 5.91 Å². The summed E-state index contributed by atoms with van der Waals surface area (Å²) in [5.41, 5.74) is 0.805. The number of aliphatic hydroxyl groups excluding tert-OH is 6. The molecule has 4 fully saturated rings. The molecule has 0 spiro atoms. The van der Waals surface area contributed by atoms with Crippen molar-refractivity contribution in [2.45, 2.75) is 471 Å². The van der Waals surface area contributed by atoms with Crippen LogP contribution < -0.4 is 37.2 Å². The van der Waals surface area contributed by atoms with Crippen LogP contribution in [0.3, 0.4) is 0 Å². The van der Waals surface area contributed by atoms with E-state index in [-0.39, 0.29) is 163 Å². The van der Waals surface area contributed by atoms with Crippen molar-refractivity contribution >= 4 is 25.1 Å². The third-order valence-electron chi connectivity index (χ3n) is 24.8. The number of allylic oxidation sites excluding steroid dienone is 2. The van der Waals surface area contributed by atoms with E-state index in [4.69, 9.17) is 38.1 Å². The molecule has 12 atom stereocenters. The maximum atomic E-state index is 12.7. The summed E-state index contributed by atoms with van der Waals surface area (Å²) in [4.78, 5) is 41.2. The Morgan fingerprint density at radius 1 is 0.500 bits per heavy atom. The number of aliphatic hydroxyl groups is 6. The number of amides is 3. The van der Waals surface area contributed by atoms with E-state index in [1.165, 1.54) is 19.3 Å². The average Bonchev–Trinajstić information content (AvgIpc) is 1.54. The topological polar surface area (TPSA) is 365 Å². The fourth-order valence-corrected chi connectivity index (χ4v) is 19.0. The first-order chi connectivity index (χ1) is 62.4. The lowest BCUT2D eigenvalue weighted by Crippen LogP contribution is -2.56. The van der Waals surface area contributed by atoms with Crippen molar-refractivity contribution in [2.24, 2.45) is 38.9 Å². The number of hydrogen-bond donors (Lipinski definition) is 14. The van der Waals surface area contributed by atoms with Crippen LogP contribution in [0, 0.1) is 38.9 Å². The Bertz CT molecular complexity index is 3570. The molecule has 1 aromatic rings. The first-order valence-electron chi connectivity index (χ1n) is 52.2. The van der Waals surface area contributed by atoms with Crippen molar-refractivity contribution in [3.8, 4) is 5.75 Å². The van der Waals surface area contributed by atoms with Gasteiger partial charge in [-0.05, 0) is 360 Å². The molecule has 14 N–H and O–H groups in total. The maximum Gasteiger partial charge on any atom is 0.251 e. The highest BCUT2D eigenvalue weighted by Gasteiger charge is 2.64. The highest BCUT2D eigenvalue weighted by Crippen LogP contribution is 2.64. The molecule has 3 amide bonds. The van der Waals surface area contributed by atoms with Gasteiger partial charge < -0.3 is 101 Å². The lowest BCUT2D eigenvalue weighted by atomic mass is 9.50. The van der Waals surface area contributed by atoms with Crippen molar-refractivity contribution in [1.82, 2.24) is 47.0 Å². The number of nitrogens with one attached hydrogen (secondary N) is 7. The molecule has 3 aliphatic carbocycles. The third-order valence-corrected chi connectivity index (χ3v) is 27.3. The highest BCUT2D eigenvalue weighted by molar-refractivity contribution is 7.59. The Hall–Kier alpha value is -3.36. The predicted molar refractivity (Wildman–Crippen MR) is 571 cm³/mol. The van der Waals surface area contributed by atoms with E-state index in [1.54, 1.807) is 19.1 Å². The fraction of sp³-hybridized carbons (Fsp3) is 0.900. The molecular weight excluding hydrogens is 1770 g/mol. The number of benzene rings is 1. The number of carbonyl (C=O) groups is 3. The maximum absolute atomic E-state index is 12.7. The Labute approximate surface area is 843 Å². The predicted octanol–water partition coefficient (Wildman–Crippen LogP) is 17.5. The van der Waals surface area contributed by atoms with Gasteiger partial charge >= 0.3 is 0 Å². The molecule has 2 aliphatic heterocycles. The molecule has 5 aliphatic rings. The Balaban J connectivity index is 0.00000159. The molecular formula is C110H218N9O18P. The summed E-state index contributed by atoms with van der Waals surface area (Å²) in [6, 6.07) is 6.20. The van der Waals surface area contributed by atoms with Crippen LogP contribution in [0.15, 0.2) is 36.4 Å². The second kappa shape index (κ2) is 59.0. The second-order valence-electron chi connectivity index (χ2n) is 53.0. The van der Waals surface area contributed by atoms with Gasteiger partial charge in [0.2, 0.25) is 19.2 Å². The molecule has 2 saturated carbocycles. The second-order valence-corrected chi connectivity index (χ2v) is 55.8. The van der Waals surface area contributed by atoms with Gasteiger partial charge in [-0.3, -0.25) is 34.1 Å². The fourth-order valence-electron chi connectivity index (χ4n) is 17.0. The molecule has 1 aromatic carbocycles. The van der Waals surface area contributed by atoms with Gasteiger partial charge in [-0.1, -0.05) is 71.7 Å². The average molecular weight is 1990 g/mol. The van der Waals surface area contributed by atoms with Gasteiger partial charge in [0.05, 0.1) is 112 Å². The number of ether oxygens (including phenoxy) is 6. The zero-order valence-electron chi connectivity index (χ0n) is 96.0. The van der Waals surface area contributed by atoms with Gasteiger partial charge in [-0.15, -0.1) is 0 Å². The van der Waals surface area contributed by atoms with E-state index in [1.807, 2.05) is 116 Å². The third kappa shape index (κ3) is 59.4. The first-order valence-corrected chi connectivity index (χ1v) is 54.2. The molecule has 2 heterocycles.